The molecule has 0 saturated heterocycles. The molecule has 1 aliphatic rings. The number of anilines is 2. The highest BCUT2D eigenvalue weighted by Crippen LogP contribution is 2.39. The molecule has 0 N–H and O–H groups in total. The number of fused-ring (bicyclic) bond motifs is 1. The van der Waals surface area contributed by atoms with Gasteiger partial charge in [0.25, 0.3) is 0 Å². The molecule has 0 saturated carbocycles. The summed E-state index contributed by atoms with van der Waals surface area (Å²) in [5.74, 6) is 0. The van der Waals surface area contributed by atoms with Gasteiger partial charge < -0.3 is 4.90 Å². The minimum atomic E-state index is -3.77. The Kier molecular flexibility index (Phi) is 3.44. The zero-order valence-electron chi connectivity index (χ0n) is 11.6. The van der Waals surface area contributed by atoms with Crippen molar-refractivity contribution in [1.82, 2.24) is 0 Å². The van der Waals surface area contributed by atoms with Crippen LogP contribution in [0.25, 0.3) is 0 Å². The fourth-order valence-corrected chi connectivity index (χ4v) is 3.77. The summed E-state index contributed by atoms with van der Waals surface area (Å²) in [7, 11) is -3.77. The molecule has 3 rings (SSSR count). The summed E-state index contributed by atoms with van der Waals surface area (Å²) >= 11 is 6.16. The van der Waals surface area contributed by atoms with Crippen molar-refractivity contribution >= 4 is 32.8 Å². The van der Waals surface area contributed by atoms with Gasteiger partial charge in [0, 0.05) is 16.9 Å². The molecule has 4 nitrogen and oxygen atoms in total. The maximum Gasteiger partial charge on any atom is 0.220 e. The van der Waals surface area contributed by atoms with Gasteiger partial charge in [0.05, 0.1) is 10.6 Å². The highest BCUT2D eigenvalue weighted by Gasteiger charge is 2.31. The van der Waals surface area contributed by atoms with Crippen LogP contribution in [0.15, 0.2) is 58.5 Å². The molecule has 2 aromatic rings. The lowest BCUT2D eigenvalue weighted by Crippen LogP contribution is -2.21. The summed E-state index contributed by atoms with van der Waals surface area (Å²) in [6.45, 7) is 1.89. The first-order chi connectivity index (χ1) is 10.4. The molecule has 0 atom stereocenters. The summed E-state index contributed by atoms with van der Waals surface area (Å²) in [4.78, 5) is 1.49. The summed E-state index contributed by atoms with van der Waals surface area (Å²) in [5, 5.41) is 9.74. The number of sulfone groups is 1. The summed E-state index contributed by atoms with van der Waals surface area (Å²) in [6.07, 6.45) is 1.33. The molecule has 0 fully saturated rings. The van der Waals surface area contributed by atoms with E-state index >= 15 is 0 Å². The average molecular weight is 331 g/mol. The van der Waals surface area contributed by atoms with Gasteiger partial charge >= 0.3 is 0 Å². The summed E-state index contributed by atoms with van der Waals surface area (Å²) in [5.41, 5.74) is 2.12. The van der Waals surface area contributed by atoms with E-state index in [2.05, 4.69) is 0 Å². The van der Waals surface area contributed by atoms with Gasteiger partial charge in [-0.25, -0.2) is 8.42 Å². The van der Waals surface area contributed by atoms with Crippen LogP contribution in [0.4, 0.5) is 11.4 Å². The Morgan fingerprint density at radius 1 is 1.18 bits per heavy atom. The number of rotatable bonds is 1. The van der Waals surface area contributed by atoms with Crippen molar-refractivity contribution < 1.29 is 8.42 Å². The normalized spacial score (nSPS) is 15.7. The Labute approximate surface area is 133 Å². The lowest BCUT2D eigenvalue weighted by atomic mass is 10.2. The van der Waals surface area contributed by atoms with Crippen LogP contribution in [0.3, 0.4) is 0 Å². The predicted molar refractivity (Wildman–Crippen MR) is 85.7 cm³/mol. The van der Waals surface area contributed by atoms with Crippen molar-refractivity contribution in [2.24, 2.45) is 0 Å². The molecule has 0 bridgehead atoms. The molecule has 0 amide bonds. The Morgan fingerprint density at radius 3 is 2.59 bits per heavy atom. The second-order valence-electron chi connectivity index (χ2n) is 4.88. The second kappa shape index (κ2) is 5.16. The Morgan fingerprint density at radius 2 is 1.91 bits per heavy atom. The van der Waals surface area contributed by atoms with Gasteiger partial charge in [-0.3, -0.25) is 0 Å². The zero-order valence-corrected chi connectivity index (χ0v) is 13.2. The van der Waals surface area contributed by atoms with Crippen LogP contribution in [-0.2, 0) is 9.84 Å². The first-order valence-electron chi connectivity index (χ1n) is 6.46. The molecule has 0 aromatic heterocycles. The first-order valence-corrected chi connectivity index (χ1v) is 8.32. The maximum atomic E-state index is 12.4. The van der Waals surface area contributed by atoms with Gasteiger partial charge in [-0.15, -0.1) is 0 Å². The van der Waals surface area contributed by atoms with E-state index in [1.54, 1.807) is 35.2 Å². The third kappa shape index (κ3) is 2.17. The summed E-state index contributed by atoms with van der Waals surface area (Å²) in [6, 6.07) is 13.8. The van der Waals surface area contributed by atoms with E-state index in [-0.39, 0.29) is 9.80 Å². The van der Waals surface area contributed by atoms with Crippen LogP contribution < -0.4 is 4.90 Å². The highest BCUT2D eigenvalue weighted by molar-refractivity contribution is 7.95. The predicted octanol–water partition coefficient (Wildman–Crippen LogP) is 3.94. The Hall–Kier alpha value is -2.29. The molecule has 110 valence electrons. The van der Waals surface area contributed by atoms with Crippen molar-refractivity contribution in [3.05, 3.63) is 64.2 Å². The highest BCUT2D eigenvalue weighted by atomic mass is 35.5. The Balaban J connectivity index is 2.28. The number of benzene rings is 2. The molecule has 0 unspecified atom stereocenters. The SMILES string of the molecule is Cc1ccc(N2C=C(C#N)S(=O)(=O)c3ccccc32)cc1Cl. The first kappa shape index (κ1) is 14.6. The Bertz CT molecular complexity index is 943. The van der Waals surface area contributed by atoms with Crippen LogP contribution in [0.5, 0.6) is 0 Å². The third-order valence-electron chi connectivity index (χ3n) is 3.49. The van der Waals surface area contributed by atoms with Crippen molar-refractivity contribution in [1.29, 1.82) is 5.26 Å². The zero-order chi connectivity index (χ0) is 15.9. The quantitative estimate of drug-likeness (QED) is 0.794. The van der Waals surface area contributed by atoms with E-state index in [0.29, 0.717) is 16.4 Å². The fourth-order valence-electron chi connectivity index (χ4n) is 2.29. The van der Waals surface area contributed by atoms with Crippen molar-refractivity contribution in [2.75, 3.05) is 4.90 Å². The molecule has 0 radical (unpaired) electrons. The minimum absolute atomic E-state index is 0.116. The lowest BCUT2D eigenvalue weighted by Gasteiger charge is -2.27. The van der Waals surface area contributed by atoms with Crippen LogP contribution in [-0.4, -0.2) is 8.42 Å². The fraction of sp³-hybridized carbons (Fsp3) is 0.0625. The van der Waals surface area contributed by atoms with Crippen molar-refractivity contribution in [3.8, 4) is 6.07 Å². The van der Waals surface area contributed by atoms with E-state index in [1.165, 1.54) is 12.3 Å². The number of para-hydroxylation sites is 1. The second-order valence-corrected chi connectivity index (χ2v) is 7.17. The van der Waals surface area contributed by atoms with E-state index in [1.807, 2.05) is 19.1 Å². The molecule has 2 aromatic carbocycles. The smallest absolute Gasteiger partial charge is 0.220 e. The van der Waals surface area contributed by atoms with E-state index in [0.717, 1.165) is 5.56 Å². The van der Waals surface area contributed by atoms with Gasteiger partial charge in [0.1, 0.15) is 6.07 Å². The van der Waals surface area contributed by atoms with Gasteiger partial charge in [0.15, 0.2) is 4.91 Å². The van der Waals surface area contributed by atoms with E-state index in [4.69, 9.17) is 16.9 Å². The van der Waals surface area contributed by atoms with Crippen LogP contribution in [0, 0.1) is 18.3 Å². The molecular weight excluding hydrogens is 320 g/mol. The molecule has 1 heterocycles. The number of nitriles is 1. The lowest BCUT2D eigenvalue weighted by molar-refractivity contribution is 0.602. The van der Waals surface area contributed by atoms with Crippen molar-refractivity contribution in [2.45, 2.75) is 11.8 Å². The largest absolute Gasteiger partial charge is 0.314 e. The van der Waals surface area contributed by atoms with Gasteiger partial charge in [-0.2, -0.15) is 5.26 Å². The molecular formula is C16H11ClN2O2S. The van der Waals surface area contributed by atoms with Gasteiger partial charge in [-0.05, 0) is 36.8 Å². The number of aryl methyl sites for hydroxylation is 1. The molecule has 6 heteroatoms. The van der Waals surface area contributed by atoms with Crippen LogP contribution in [0.2, 0.25) is 5.02 Å². The molecule has 0 aliphatic carbocycles. The molecule has 22 heavy (non-hydrogen) atoms. The number of allylic oxidation sites excluding steroid dienone is 1. The monoisotopic (exact) mass is 330 g/mol. The van der Waals surface area contributed by atoms with E-state index < -0.39 is 9.84 Å². The number of nitrogens with zero attached hydrogens (tertiary/aromatic N) is 2. The standard InChI is InChI=1S/C16H11ClN2O2S/c1-11-6-7-12(8-14(11)17)19-10-13(9-18)22(20,21)16-5-3-2-4-15(16)19/h2-8,10H,1H3. The number of hydrogen-bond donors (Lipinski definition) is 0. The number of hydrogen-bond acceptors (Lipinski definition) is 4. The average Bonchev–Trinajstić information content (AvgIpc) is 2.51. The minimum Gasteiger partial charge on any atom is -0.314 e. The number of halogens is 1. The topological polar surface area (TPSA) is 61.2 Å². The van der Waals surface area contributed by atoms with Gasteiger partial charge in [-0.1, -0.05) is 29.8 Å². The van der Waals surface area contributed by atoms with Crippen LogP contribution >= 0.6 is 11.6 Å². The van der Waals surface area contributed by atoms with Crippen molar-refractivity contribution in [3.63, 3.8) is 0 Å². The van der Waals surface area contributed by atoms with Gasteiger partial charge in [0.2, 0.25) is 9.84 Å². The maximum absolute atomic E-state index is 12.4. The molecule has 1 aliphatic heterocycles. The molecule has 0 spiro atoms. The van der Waals surface area contributed by atoms with Crippen LogP contribution in [0.1, 0.15) is 5.56 Å². The third-order valence-corrected chi connectivity index (χ3v) is 5.60. The summed E-state index contributed by atoms with van der Waals surface area (Å²) < 4.78 is 24.8. The van der Waals surface area contributed by atoms with E-state index in [9.17, 15) is 8.42 Å².